The van der Waals surface area contributed by atoms with Crippen molar-refractivity contribution in [3.63, 3.8) is 0 Å². The maximum absolute atomic E-state index is 6.16. The smallest absolute Gasteiger partial charge is 0.0330 e. The summed E-state index contributed by atoms with van der Waals surface area (Å²) in [6, 6.07) is 0. The highest BCUT2D eigenvalue weighted by Gasteiger charge is 2.43. The Morgan fingerprint density at radius 1 is 1.16 bits per heavy atom. The highest BCUT2D eigenvalue weighted by Crippen LogP contribution is 2.38. The molecule has 0 spiro atoms. The Hall–Kier alpha value is -0.120. The third-order valence-corrected chi connectivity index (χ3v) is 5.61. The molecule has 0 aromatic carbocycles. The fourth-order valence-electron chi connectivity index (χ4n) is 3.49. The Kier molecular flexibility index (Phi) is 6.28. The normalized spacial score (nSPS) is 21.5. The van der Waals surface area contributed by atoms with Crippen molar-refractivity contribution in [2.75, 3.05) is 34.2 Å². The molecule has 0 radical (unpaired) electrons. The van der Waals surface area contributed by atoms with Gasteiger partial charge in [0.05, 0.1) is 0 Å². The summed E-state index contributed by atoms with van der Waals surface area (Å²) in [5, 5.41) is 0. The summed E-state index contributed by atoms with van der Waals surface area (Å²) in [6.45, 7) is 6.50. The predicted octanol–water partition coefficient (Wildman–Crippen LogP) is 2.70. The highest BCUT2D eigenvalue weighted by atomic mass is 15.3. The number of rotatable bonds is 9. The zero-order valence-corrected chi connectivity index (χ0v) is 13.8. The largest absolute Gasteiger partial charge is 0.329 e. The van der Waals surface area contributed by atoms with Gasteiger partial charge in [-0.1, -0.05) is 26.7 Å². The molecule has 3 heteroatoms. The first-order valence-corrected chi connectivity index (χ1v) is 8.05. The predicted molar refractivity (Wildman–Crippen MR) is 84.5 cm³/mol. The van der Waals surface area contributed by atoms with Crippen LogP contribution in [-0.2, 0) is 0 Å². The van der Waals surface area contributed by atoms with Crippen LogP contribution in [0.4, 0.5) is 0 Å². The molecule has 0 aliphatic heterocycles. The van der Waals surface area contributed by atoms with Gasteiger partial charge in [0.2, 0.25) is 0 Å². The fraction of sp³-hybridized carbons (Fsp3) is 1.00. The van der Waals surface area contributed by atoms with Gasteiger partial charge < -0.3 is 10.6 Å². The SMILES string of the molecule is CCCCC(CC)(CN)N(C)CC1(N(C)C)CCC1. The van der Waals surface area contributed by atoms with Crippen LogP contribution >= 0.6 is 0 Å². The average Bonchev–Trinajstić information content (AvgIpc) is 2.35. The standard InChI is InChI=1S/C16H35N3/c1-6-8-10-15(7-2,13-17)19(5)14-16(18(3)4)11-9-12-16/h6-14,17H2,1-5H3. The number of unbranched alkanes of at least 4 members (excludes halogenated alkanes) is 1. The molecule has 1 aliphatic rings. The van der Waals surface area contributed by atoms with Crippen LogP contribution in [0.3, 0.4) is 0 Å². The fourth-order valence-corrected chi connectivity index (χ4v) is 3.49. The van der Waals surface area contributed by atoms with Gasteiger partial charge in [-0.2, -0.15) is 0 Å². The maximum atomic E-state index is 6.16. The van der Waals surface area contributed by atoms with Crippen molar-refractivity contribution in [3.8, 4) is 0 Å². The molecule has 1 unspecified atom stereocenters. The highest BCUT2D eigenvalue weighted by molar-refractivity contribution is 5.01. The summed E-state index contributed by atoms with van der Waals surface area (Å²) in [5.41, 5.74) is 6.76. The second-order valence-electron chi connectivity index (χ2n) is 6.71. The van der Waals surface area contributed by atoms with Gasteiger partial charge in [0.25, 0.3) is 0 Å². The van der Waals surface area contributed by atoms with Crippen LogP contribution < -0.4 is 5.73 Å². The molecular formula is C16H35N3. The average molecular weight is 269 g/mol. The summed E-state index contributed by atoms with van der Waals surface area (Å²) in [6.07, 6.45) is 8.98. The van der Waals surface area contributed by atoms with Crippen LogP contribution in [-0.4, -0.2) is 55.1 Å². The van der Waals surface area contributed by atoms with Crippen LogP contribution in [0.15, 0.2) is 0 Å². The second-order valence-corrected chi connectivity index (χ2v) is 6.71. The molecule has 3 nitrogen and oxygen atoms in total. The molecular weight excluding hydrogens is 234 g/mol. The third kappa shape index (κ3) is 3.50. The molecule has 0 amide bonds. The van der Waals surface area contributed by atoms with Gasteiger partial charge in [-0.25, -0.2) is 0 Å². The number of likely N-dealkylation sites (N-methyl/N-ethyl adjacent to an activating group) is 2. The second kappa shape index (κ2) is 7.05. The molecule has 2 N–H and O–H groups in total. The lowest BCUT2D eigenvalue weighted by Gasteiger charge is -2.53. The van der Waals surface area contributed by atoms with Crippen LogP contribution in [0.1, 0.15) is 58.8 Å². The van der Waals surface area contributed by atoms with E-state index in [-0.39, 0.29) is 5.54 Å². The first-order valence-electron chi connectivity index (χ1n) is 8.05. The van der Waals surface area contributed by atoms with E-state index in [1.54, 1.807) is 0 Å². The van der Waals surface area contributed by atoms with Crippen LogP contribution in [0.2, 0.25) is 0 Å². The Labute approximate surface area is 120 Å². The zero-order chi connectivity index (χ0) is 14.5. The molecule has 19 heavy (non-hydrogen) atoms. The number of nitrogens with zero attached hydrogens (tertiary/aromatic N) is 2. The van der Waals surface area contributed by atoms with E-state index in [4.69, 9.17) is 5.73 Å². The van der Waals surface area contributed by atoms with Crippen molar-refractivity contribution >= 4 is 0 Å². The van der Waals surface area contributed by atoms with E-state index >= 15 is 0 Å². The van der Waals surface area contributed by atoms with Crippen LogP contribution in [0, 0.1) is 0 Å². The van der Waals surface area contributed by atoms with Gasteiger partial charge in [-0.15, -0.1) is 0 Å². The first-order chi connectivity index (χ1) is 8.96. The van der Waals surface area contributed by atoms with Gasteiger partial charge in [-0.05, 0) is 53.2 Å². The summed E-state index contributed by atoms with van der Waals surface area (Å²) in [5.74, 6) is 0. The lowest BCUT2D eigenvalue weighted by atomic mass is 9.74. The Balaban J connectivity index is 2.73. The monoisotopic (exact) mass is 269 g/mol. The minimum atomic E-state index is 0.203. The summed E-state index contributed by atoms with van der Waals surface area (Å²) >= 11 is 0. The lowest BCUT2D eigenvalue weighted by Crippen LogP contribution is -2.62. The molecule has 0 heterocycles. The molecule has 0 bridgehead atoms. The zero-order valence-electron chi connectivity index (χ0n) is 13.8. The molecule has 0 saturated heterocycles. The van der Waals surface area contributed by atoms with Gasteiger partial charge in [0, 0.05) is 24.2 Å². The molecule has 1 fully saturated rings. The van der Waals surface area contributed by atoms with E-state index in [0.717, 1.165) is 19.5 Å². The van der Waals surface area contributed by atoms with Crippen molar-refractivity contribution in [3.05, 3.63) is 0 Å². The van der Waals surface area contributed by atoms with Crippen LogP contribution in [0.5, 0.6) is 0 Å². The van der Waals surface area contributed by atoms with Gasteiger partial charge in [0.1, 0.15) is 0 Å². The van der Waals surface area contributed by atoms with Crippen molar-refractivity contribution < 1.29 is 0 Å². The van der Waals surface area contributed by atoms with Crippen molar-refractivity contribution in [2.24, 2.45) is 5.73 Å². The molecule has 1 saturated carbocycles. The molecule has 1 aliphatic carbocycles. The van der Waals surface area contributed by atoms with E-state index in [1.165, 1.54) is 38.5 Å². The van der Waals surface area contributed by atoms with Crippen LogP contribution in [0.25, 0.3) is 0 Å². The Morgan fingerprint density at radius 2 is 1.79 bits per heavy atom. The number of hydrogen-bond donors (Lipinski definition) is 1. The number of hydrogen-bond acceptors (Lipinski definition) is 3. The first kappa shape index (κ1) is 16.9. The topological polar surface area (TPSA) is 32.5 Å². The quantitative estimate of drug-likeness (QED) is 0.698. The molecule has 1 rings (SSSR count). The van der Waals surface area contributed by atoms with Crippen molar-refractivity contribution in [1.82, 2.24) is 9.80 Å². The van der Waals surface area contributed by atoms with E-state index in [1.807, 2.05) is 0 Å². The van der Waals surface area contributed by atoms with Crippen molar-refractivity contribution in [2.45, 2.75) is 69.9 Å². The molecule has 1 atom stereocenters. The van der Waals surface area contributed by atoms with E-state index < -0.39 is 0 Å². The Bertz CT molecular complexity index is 255. The third-order valence-electron chi connectivity index (χ3n) is 5.61. The molecule has 0 aromatic rings. The summed E-state index contributed by atoms with van der Waals surface area (Å²) in [7, 11) is 6.75. The minimum Gasteiger partial charge on any atom is -0.329 e. The van der Waals surface area contributed by atoms with E-state index in [0.29, 0.717) is 5.54 Å². The molecule has 114 valence electrons. The van der Waals surface area contributed by atoms with E-state index in [9.17, 15) is 0 Å². The van der Waals surface area contributed by atoms with Gasteiger partial charge >= 0.3 is 0 Å². The van der Waals surface area contributed by atoms with Crippen molar-refractivity contribution in [1.29, 1.82) is 0 Å². The summed E-state index contributed by atoms with van der Waals surface area (Å²) < 4.78 is 0. The summed E-state index contributed by atoms with van der Waals surface area (Å²) in [4.78, 5) is 5.01. The number of nitrogens with two attached hydrogens (primary N) is 1. The molecule has 0 aromatic heterocycles. The minimum absolute atomic E-state index is 0.203. The van der Waals surface area contributed by atoms with E-state index in [2.05, 4.69) is 44.8 Å². The van der Waals surface area contributed by atoms with Gasteiger partial charge in [0.15, 0.2) is 0 Å². The van der Waals surface area contributed by atoms with Gasteiger partial charge in [-0.3, -0.25) is 4.90 Å². The lowest BCUT2D eigenvalue weighted by molar-refractivity contribution is -0.0121. The Morgan fingerprint density at radius 3 is 2.11 bits per heavy atom. The maximum Gasteiger partial charge on any atom is 0.0330 e.